The minimum absolute atomic E-state index is 0. The Bertz CT molecular complexity index is 1140. The molecule has 0 radical (unpaired) electrons. The predicted octanol–water partition coefficient (Wildman–Crippen LogP) is 4.19. The van der Waals surface area contributed by atoms with Crippen molar-refractivity contribution >= 4 is 11.6 Å². The number of amides is 1. The molecule has 0 spiro atoms. The highest BCUT2D eigenvalue weighted by Gasteiger charge is 2.51. The Kier molecular flexibility index (Phi) is 4.44. The highest BCUT2D eigenvalue weighted by Crippen LogP contribution is 2.51. The summed E-state index contributed by atoms with van der Waals surface area (Å²) in [5.74, 6) is 1.36. The van der Waals surface area contributed by atoms with Gasteiger partial charge in [-0.1, -0.05) is 24.3 Å². The van der Waals surface area contributed by atoms with Crippen LogP contribution in [0.4, 0.5) is 5.69 Å². The topological polar surface area (TPSA) is 80.7 Å². The molecule has 1 fully saturated rings. The van der Waals surface area contributed by atoms with Crippen LogP contribution in [-0.4, -0.2) is 22.8 Å². The standard InChI is InChI=1S/C24H22N2O4.H2/c1-15-20(17-4-2-3-16(9-17)13-27)11-19(12-25-15)26-23(28)24(7-8-24)18-5-6-21-22(10-18)30-14-29-21;/h2-6,9-12,27H,7-8,13-14H2,1H3,(H,26,28);1H. The summed E-state index contributed by atoms with van der Waals surface area (Å²) in [6, 6.07) is 15.4. The second-order valence-electron chi connectivity index (χ2n) is 7.82. The lowest BCUT2D eigenvalue weighted by atomic mass is 9.94. The van der Waals surface area contributed by atoms with Crippen LogP contribution in [-0.2, 0) is 16.8 Å². The van der Waals surface area contributed by atoms with E-state index in [1.807, 2.05) is 55.5 Å². The number of aromatic nitrogens is 1. The molecule has 1 amide bonds. The predicted molar refractivity (Wildman–Crippen MR) is 115 cm³/mol. The maximum atomic E-state index is 13.2. The van der Waals surface area contributed by atoms with Crippen molar-refractivity contribution in [3.63, 3.8) is 0 Å². The molecule has 30 heavy (non-hydrogen) atoms. The van der Waals surface area contributed by atoms with Crippen molar-refractivity contribution in [3.8, 4) is 22.6 Å². The van der Waals surface area contributed by atoms with E-state index in [4.69, 9.17) is 9.47 Å². The number of carbonyl (C=O) groups excluding carboxylic acids is 1. The van der Waals surface area contributed by atoms with Crippen molar-refractivity contribution in [2.75, 3.05) is 12.1 Å². The van der Waals surface area contributed by atoms with Gasteiger partial charge in [0, 0.05) is 12.7 Å². The summed E-state index contributed by atoms with van der Waals surface area (Å²) in [5, 5.41) is 12.5. The minimum atomic E-state index is -0.539. The highest BCUT2D eigenvalue weighted by atomic mass is 16.7. The fourth-order valence-corrected chi connectivity index (χ4v) is 3.95. The van der Waals surface area contributed by atoms with E-state index in [-0.39, 0.29) is 20.7 Å². The van der Waals surface area contributed by atoms with E-state index in [1.165, 1.54) is 0 Å². The first kappa shape index (κ1) is 18.6. The Morgan fingerprint density at radius 3 is 2.80 bits per heavy atom. The van der Waals surface area contributed by atoms with Gasteiger partial charge >= 0.3 is 0 Å². The number of nitrogens with one attached hydrogen (secondary N) is 1. The number of nitrogens with zero attached hydrogens (tertiary/aromatic N) is 1. The van der Waals surface area contributed by atoms with Crippen LogP contribution >= 0.6 is 0 Å². The molecule has 154 valence electrons. The van der Waals surface area contributed by atoms with E-state index >= 15 is 0 Å². The van der Waals surface area contributed by atoms with Gasteiger partial charge in [0.05, 0.1) is 23.9 Å². The van der Waals surface area contributed by atoms with Gasteiger partial charge < -0.3 is 19.9 Å². The van der Waals surface area contributed by atoms with Gasteiger partial charge in [0.15, 0.2) is 11.5 Å². The highest BCUT2D eigenvalue weighted by molar-refractivity contribution is 6.01. The average molecular weight is 404 g/mol. The number of aryl methyl sites for hydroxylation is 1. The van der Waals surface area contributed by atoms with Crippen LogP contribution < -0.4 is 14.8 Å². The molecular weight excluding hydrogens is 380 g/mol. The largest absolute Gasteiger partial charge is 0.454 e. The Morgan fingerprint density at radius 2 is 2.00 bits per heavy atom. The van der Waals surface area contributed by atoms with Crippen molar-refractivity contribution in [3.05, 3.63) is 71.5 Å². The minimum Gasteiger partial charge on any atom is -0.454 e. The molecule has 0 atom stereocenters. The summed E-state index contributed by atoms with van der Waals surface area (Å²) in [5.41, 5.74) is 4.64. The van der Waals surface area contributed by atoms with Crippen LogP contribution in [0.25, 0.3) is 11.1 Å². The zero-order chi connectivity index (χ0) is 20.7. The lowest BCUT2D eigenvalue weighted by Crippen LogP contribution is -2.27. The molecule has 6 heteroatoms. The summed E-state index contributed by atoms with van der Waals surface area (Å²) in [6.45, 7) is 2.13. The quantitative estimate of drug-likeness (QED) is 0.666. The van der Waals surface area contributed by atoms with Gasteiger partial charge in [0.1, 0.15) is 0 Å². The first-order valence-corrected chi connectivity index (χ1v) is 9.97. The Balaban J connectivity index is 0.00000231. The first-order chi connectivity index (χ1) is 14.6. The lowest BCUT2D eigenvalue weighted by molar-refractivity contribution is -0.118. The average Bonchev–Trinajstić information content (AvgIpc) is 3.46. The van der Waals surface area contributed by atoms with E-state index in [0.29, 0.717) is 17.2 Å². The molecule has 5 rings (SSSR count). The molecule has 0 saturated heterocycles. The molecule has 2 N–H and O–H groups in total. The summed E-state index contributed by atoms with van der Waals surface area (Å²) in [7, 11) is 0. The van der Waals surface area contributed by atoms with E-state index < -0.39 is 5.41 Å². The fourth-order valence-electron chi connectivity index (χ4n) is 3.95. The molecule has 2 aliphatic rings. The van der Waals surface area contributed by atoms with Crippen LogP contribution in [0.3, 0.4) is 0 Å². The number of hydrogen-bond donors (Lipinski definition) is 2. The molecule has 1 aliphatic heterocycles. The van der Waals surface area contributed by atoms with E-state index in [9.17, 15) is 9.90 Å². The van der Waals surface area contributed by atoms with E-state index in [0.717, 1.165) is 40.8 Å². The molecule has 2 heterocycles. The van der Waals surface area contributed by atoms with Gasteiger partial charge in [-0.15, -0.1) is 0 Å². The maximum Gasteiger partial charge on any atom is 0.235 e. The van der Waals surface area contributed by atoms with Crippen LogP contribution in [0, 0.1) is 6.92 Å². The van der Waals surface area contributed by atoms with Crippen LogP contribution in [0.1, 0.15) is 31.1 Å². The van der Waals surface area contributed by atoms with Gasteiger partial charge in [0.2, 0.25) is 12.7 Å². The van der Waals surface area contributed by atoms with Crippen LogP contribution in [0.15, 0.2) is 54.7 Å². The number of benzene rings is 2. The fraction of sp³-hybridized carbons (Fsp3) is 0.250. The summed E-state index contributed by atoms with van der Waals surface area (Å²) in [6.07, 6.45) is 3.27. The van der Waals surface area contributed by atoms with Crippen molar-refractivity contribution in [1.29, 1.82) is 0 Å². The molecule has 0 unspecified atom stereocenters. The number of pyridine rings is 1. The van der Waals surface area contributed by atoms with Crippen molar-refractivity contribution in [2.45, 2.75) is 31.8 Å². The SMILES string of the molecule is Cc1ncc(NC(=O)C2(c3ccc4c(c3)OCO4)CC2)cc1-c1cccc(CO)c1.[HH]. The van der Waals surface area contributed by atoms with Crippen LogP contribution in [0.5, 0.6) is 11.5 Å². The van der Waals surface area contributed by atoms with Crippen molar-refractivity contribution < 1.29 is 20.8 Å². The van der Waals surface area contributed by atoms with Gasteiger partial charge in [-0.05, 0) is 60.7 Å². The molecule has 1 aromatic heterocycles. The molecule has 3 aromatic rings. The smallest absolute Gasteiger partial charge is 0.235 e. The molecule has 0 bridgehead atoms. The number of anilines is 1. The third-order valence-corrected chi connectivity index (χ3v) is 5.88. The van der Waals surface area contributed by atoms with Gasteiger partial charge in [0.25, 0.3) is 0 Å². The number of fused-ring (bicyclic) bond motifs is 1. The number of hydrogen-bond acceptors (Lipinski definition) is 5. The Labute approximate surface area is 176 Å². The summed E-state index contributed by atoms with van der Waals surface area (Å²) >= 11 is 0. The second kappa shape index (κ2) is 7.15. The number of carbonyl (C=O) groups is 1. The maximum absolute atomic E-state index is 13.2. The molecule has 1 saturated carbocycles. The monoisotopic (exact) mass is 404 g/mol. The third-order valence-electron chi connectivity index (χ3n) is 5.88. The molecular formula is C24H24N2O4. The second-order valence-corrected chi connectivity index (χ2v) is 7.82. The zero-order valence-electron chi connectivity index (χ0n) is 16.6. The molecule has 1 aliphatic carbocycles. The van der Waals surface area contributed by atoms with Gasteiger partial charge in [-0.2, -0.15) is 0 Å². The first-order valence-electron chi connectivity index (χ1n) is 9.97. The van der Waals surface area contributed by atoms with Crippen molar-refractivity contribution in [2.24, 2.45) is 0 Å². The third kappa shape index (κ3) is 3.19. The van der Waals surface area contributed by atoms with E-state index in [2.05, 4.69) is 10.3 Å². The Hall–Kier alpha value is -3.38. The lowest BCUT2D eigenvalue weighted by Gasteiger charge is -2.17. The van der Waals surface area contributed by atoms with Crippen molar-refractivity contribution in [1.82, 2.24) is 4.98 Å². The number of aliphatic hydroxyl groups is 1. The molecule has 2 aromatic carbocycles. The van der Waals surface area contributed by atoms with Crippen LogP contribution in [0.2, 0.25) is 0 Å². The van der Waals surface area contributed by atoms with Gasteiger partial charge in [-0.3, -0.25) is 9.78 Å². The Morgan fingerprint density at radius 1 is 1.17 bits per heavy atom. The summed E-state index contributed by atoms with van der Waals surface area (Å²) < 4.78 is 10.9. The molecule has 6 nitrogen and oxygen atoms in total. The van der Waals surface area contributed by atoms with E-state index in [1.54, 1.807) is 6.20 Å². The normalized spacial score (nSPS) is 15.7. The zero-order valence-corrected chi connectivity index (χ0v) is 16.6. The number of rotatable bonds is 5. The number of aliphatic hydroxyl groups excluding tert-OH is 1. The van der Waals surface area contributed by atoms with Gasteiger partial charge in [-0.25, -0.2) is 0 Å². The summed E-state index contributed by atoms with van der Waals surface area (Å²) in [4.78, 5) is 17.7. The number of ether oxygens (including phenoxy) is 2.